The van der Waals surface area contributed by atoms with Crippen LogP contribution >= 0.6 is 0 Å². The maximum absolute atomic E-state index is 11.4. The molecular formula is C10H13N3O4. The van der Waals surface area contributed by atoms with Crippen LogP contribution in [0.5, 0.6) is 0 Å². The van der Waals surface area contributed by atoms with Gasteiger partial charge in [-0.2, -0.15) is 0 Å². The van der Waals surface area contributed by atoms with Crippen molar-refractivity contribution in [1.29, 1.82) is 0 Å². The van der Waals surface area contributed by atoms with Crippen LogP contribution in [0.25, 0.3) is 0 Å². The molecule has 1 aliphatic rings. The first kappa shape index (κ1) is 12.9. The van der Waals surface area contributed by atoms with Crippen LogP contribution in [-0.2, 0) is 14.4 Å². The zero-order valence-corrected chi connectivity index (χ0v) is 8.97. The lowest BCUT2D eigenvalue weighted by Gasteiger charge is -2.28. The highest BCUT2D eigenvalue weighted by Gasteiger charge is 2.39. The second-order valence-electron chi connectivity index (χ2n) is 3.82. The molecule has 0 aromatic rings. The van der Waals surface area contributed by atoms with Crippen molar-refractivity contribution in [2.45, 2.75) is 12.8 Å². The van der Waals surface area contributed by atoms with E-state index >= 15 is 0 Å². The number of allylic oxidation sites excluding steroid dienone is 2. The molecule has 0 aliphatic heterocycles. The number of carbonyl (C=O) groups excluding carboxylic acids is 3. The Hall–Kier alpha value is -2.15. The normalized spacial score (nSPS) is 22.8. The second kappa shape index (κ2) is 4.79. The van der Waals surface area contributed by atoms with Gasteiger partial charge in [0.15, 0.2) is 0 Å². The fraction of sp³-hybridized carbons (Fsp3) is 0.300. The number of hydrogen-bond donors (Lipinski definition) is 4. The van der Waals surface area contributed by atoms with E-state index in [4.69, 9.17) is 16.7 Å². The molecule has 0 radical (unpaired) electrons. The second-order valence-corrected chi connectivity index (χ2v) is 3.82. The fourth-order valence-corrected chi connectivity index (χ4v) is 1.68. The molecule has 0 fully saturated rings. The summed E-state index contributed by atoms with van der Waals surface area (Å²) in [7, 11) is 0. The van der Waals surface area contributed by atoms with Crippen LogP contribution in [0.15, 0.2) is 23.8 Å². The lowest BCUT2D eigenvalue weighted by Crippen LogP contribution is -2.42. The molecule has 0 aromatic carbocycles. The Labute approximate surface area is 97.1 Å². The van der Waals surface area contributed by atoms with Gasteiger partial charge in [0, 0.05) is 12.0 Å². The van der Waals surface area contributed by atoms with Crippen molar-refractivity contribution in [3.05, 3.63) is 23.8 Å². The number of amides is 3. The summed E-state index contributed by atoms with van der Waals surface area (Å²) >= 11 is 0. The molecule has 17 heavy (non-hydrogen) atoms. The summed E-state index contributed by atoms with van der Waals surface area (Å²) in [6.07, 6.45) is 3.93. The summed E-state index contributed by atoms with van der Waals surface area (Å²) < 4.78 is 0. The van der Waals surface area contributed by atoms with Gasteiger partial charge in [-0.05, 0) is 6.42 Å². The van der Waals surface area contributed by atoms with E-state index in [0.29, 0.717) is 0 Å². The van der Waals surface area contributed by atoms with Crippen LogP contribution < -0.4 is 16.9 Å². The van der Waals surface area contributed by atoms with Crippen molar-refractivity contribution in [1.82, 2.24) is 5.48 Å². The molecule has 3 amide bonds. The van der Waals surface area contributed by atoms with Gasteiger partial charge in [0.05, 0.1) is 5.41 Å². The zero-order valence-electron chi connectivity index (χ0n) is 8.97. The van der Waals surface area contributed by atoms with Gasteiger partial charge < -0.3 is 11.5 Å². The molecule has 1 aliphatic carbocycles. The number of hydrogen-bond acceptors (Lipinski definition) is 4. The smallest absolute Gasteiger partial charge is 0.244 e. The number of rotatable bonds is 4. The predicted molar refractivity (Wildman–Crippen MR) is 57.2 cm³/mol. The van der Waals surface area contributed by atoms with E-state index < -0.39 is 23.1 Å². The molecule has 7 nitrogen and oxygen atoms in total. The quantitative estimate of drug-likeness (QED) is 0.359. The Kier molecular flexibility index (Phi) is 3.64. The van der Waals surface area contributed by atoms with Crippen molar-refractivity contribution >= 4 is 17.7 Å². The Morgan fingerprint density at radius 1 is 1.41 bits per heavy atom. The van der Waals surface area contributed by atoms with E-state index in [-0.39, 0.29) is 18.4 Å². The minimum Gasteiger partial charge on any atom is -0.369 e. The van der Waals surface area contributed by atoms with Crippen molar-refractivity contribution < 1.29 is 19.6 Å². The molecule has 0 aromatic heterocycles. The van der Waals surface area contributed by atoms with Gasteiger partial charge in [-0.25, -0.2) is 5.48 Å². The molecule has 6 N–H and O–H groups in total. The van der Waals surface area contributed by atoms with Gasteiger partial charge in [-0.1, -0.05) is 18.2 Å². The summed E-state index contributed by atoms with van der Waals surface area (Å²) in [4.78, 5) is 33.6. The van der Waals surface area contributed by atoms with E-state index in [0.717, 1.165) is 0 Å². The predicted octanol–water partition coefficient (Wildman–Crippen LogP) is -1.27. The van der Waals surface area contributed by atoms with E-state index in [1.54, 1.807) is 0 Å². The number of nitrogens with two attached hydrogens (primary N) is 2. The van der Waals surface area contributed by atoms with Crippen molar-refractivity contribution in [3.8, 4) is 0 Å². The molecule has 1 atom stereocenters. The van der Waals surface area contributed by atoms with Crippen molar-refractivity contribution in [2.75, 3.05) is 0 Å². The van der Waals surface area contributed by atoms with Crippen molar-refractivity contribution in [3.63, 3.8) is 0 Å². The van der Waals surface area contributed by atoms with Crippen molar-refractivity contribution in [2.24, 2.45) is 16.9 Å². The highest BCUT2D eigenvalue weighted by atomic mass is 16.5. The van der Waals surface area contributed by atoms with Crippen LogP contribution in [0.4, 0.5) is 0 Å². The Morgan fingerprint density at radius 3 is 2.53 bits per heavy atom. The van der Waals surface area contributed by atoms with E-state index in [2.05, 4.69) is 0 Å². The molecule has 0 spiro atoms. The van der Waals surface area contributed by atoms with Gasteiger partial charge in [0.2, 0.25) is 17.7 Å². The van der Waals surface area contributed by atoms with Gasteiger partial charge in [0.25, 0.3) is 0 Å². The van der Waals surface area contributed by atoms with Gasteiger partial charge >= 0.3 is 0 Å². The van der Waals surface area contributed by atoms with E-state index in [1.807, 2.05) is 0 Å². The number of hydroxylamine groups is 1. The van der Waals surface area contributed by atoms with Gasteiger partial charge in [0.1, 0.15) is 0 Å². The number of primary amides is 2. The lowest BCUT2D eigenvalue weighted by atomic mass is 9.74. The summed E-state index contributed by atoms with van der Waals surface area (Å²) in [6.45, 7) is 0. The lowest BCUT2D eigenvalue weighted by molar-refractivity contribution is -0.136. The minimum atomic E-state index is -1.33. The first-order valence-corrected chi connectivity index (χ1v) is 4.82. The van der Waals surface area contributed by atoms with Gasteiger partial charge in [-0.15, -0.1) is 0 Å². The van der Waals surface area contributed by atoms with Crippen LogP contribution in [-0.4, -0.2) is 22.9 Å². The molecule has 92 valence electrons. The molecule has 7 heteroatoms. The Bertz CT molecular complexity index is 427. The molecule has 0 saturated carbocycles. The third-order valence-corrected chi connectivity index (χ3v) is 2.63. The summed E-state index contributed by atoms with van der Waals surface area (Å²) in [6, 6.07) is 0. The highest BCUT2D eigenvalue weighted by molar-refractivity contribution is 5.96. The molecule has 0 heterocycles. The molecule has 0 bridgehead atoms. The number of carbonyl (C=O) groups is 3. The summed E-state index contributed by atoms with van der Waals surface area (Å²) in [5.41, 5.74) is 10.6. The Balaban J connectivity index is 3.01. The standard InChI is InChI=1S/C10H13N3O4/c11-8(15)6-2-1-3-10(4-6,9(12)16)5-7(14)13-17/h1-3,17H,4-5H2,(H2,11,15)(H2,12,16)(H,13,14). The molecular weight excluding hydrogens is 226 g/mol. The average Bonchev–Trinajstić information content (AvgIpc) is 2.28. The molecule has 1 unspecified atom stereocenters. The Morgan fingerprint density at radius 2 is 2.06 bits per heavy atom. The number of nitrogens with one attached hydrogen (secondary N) is 1. The zero-order chi connectivity index (χ0) is 13.1. The fourth-order valence-electron chi connectivity index (χ4n) is 1.68. The maximum atomic E-state index is 11.4. The van der Waals surface area contributed by atoms with Crippen LogP contribution in [0.3, 0.4) is 0 Å². The van der Waals surface area contributed by atoms with Crippen LogP contribution in [0.1, 0.15) is 12.8 Å². The molecule has 1 rings (SSSR count). The first-order chi connectivity index (χ1) is 7.91. The van der Waals surface area contributed by atoms with Crippen LogP contribution in [0.2, 0.25) is 0 Å². The minimum absolute atomic E-state index is 0.0540. The summed E-state index contributed by atoms with van der Waals surface area (Å²) in [5.74, 6) is -2.20. The SMILES string of the molecule is NC(=O)C1=CC=CC(CC(=O)NO)(C(N)=O)C1. The summed E-state index contributed by atoms with van der Waals surface area (Å²) in [5, 5.41) is 8.45. The topological polar surface area (TPSA) is 136 Å². The highest BCUT2D eigenvalue weighted by Crippen LogP contribution is 2.34. The van der Waals surface area contributed by atoms with E-state index in [9.17, 15) is 14.4 Å². The molecule has 0 saturated heterocycles. The third-order valence-electron chi connectivity index (χ3n) is 2.63. The largest absolute Gasteiger partial charge is 0.369 e. The maximum Gasteiger partial charge on any atom is 0.244 e. The average molecular weight is 239 g/mol. The third kappa shape index (κ3) is 2.70. The first-order valence-electron chi connectivity index (χ1n) is 4.82. The monoisotopic (exact) mass is 239 g/mol. The van der Waals surface area contributed by atoms with Gasteiger partial charge in [-0.3, -0.25) is 19.6 Å². The van der Waals surface area contributed by atoms with Crippen LogP contribution in [0, 0.1) is 5.41 Å². The van der Waals surface area contributed by atoms with E-state index in [1.165, 1.54) is 23.7 Å².